The number of aromatic nitrogens is 5. The van der Waals surface area contributed by atoms with Crippen LogP contribution >= 0.6 is 11.3 Å². The molecule has 4 aromatic heterocycles. The molecule has 4 aliphatic heterocycles. The second kappa shape index (κ2) is 10.4. The predicted octanol–water partition coefficient (Wildman–Crippen LogP) is 5.26. The van der Waals surface area contributed by atoms with Crippen LogP contribution in [0.1, 0.15) is 111 Å². The van der Waals surface area contributed by atoms with Gasteiger partial charge in [0.1, 0.15) is 28.9 Å². The largest absolute Gasteiger partial charge is 0.474 e. The van der Waals surface area contributed by atoms with Gasteiger partial charge in [0.25, 0.3) is 0 Å². The van der Waals surface area contributed by atoms with Gasteiger partial charge in [-0.15, -0.1) is 16.4 Å². The molecule has 4 atom stereocenters. The lowest BCUT2D eigenvalue weighted by Crippen LogP contribution is -2.53. The Morgan fingerprint density at radius 1 is 1.08 bits per heavy atom. The number of nitriles is 1. The average molecular weight is 682 g/mol. The van der Waals surface area contributed by atoms with Gasteiger partial charge < -0.3 is 25.0 Å². The van der Waals surface area contributed by atoms with Crippen LogP contribution < -0.4 is 15.4 Å². The Hall–Kier alpha value is -3.73. The molecule has 0 aromatic carbocycles. The first kappa shape index (κ1) is 30.1. The van der Waals surface area contributed by atoms with Gasteiger partial charge in [-0.3, -0.25) is 4.90 Å². The fraction of sp³-hybridized carbons (Fsp3) is 0.639. The summed E-state index contributed by atoms with van der Waals surface area (Å²) in [6.45, 7) is 7.39. The third-order valence-corrected chi connectivity index (χ3v) is 14.2. The summed E-state index contributed by atoms with van der Waals surface area (Å²) in [5, 5.41) is 32.9. The summed E-state index contributed by atoms with van der Waals surface area (Å²) < 4.78 is 15.0. The number of rotatable bonds is 3. The van der Waals surface area contributed by atoms with Crippen LogP contribution in [0.25, 0.3) is 22.6 Å². The number of fused-ring (bicyclic) bond motifs is 7. The second-order valence-electron chi connectivity index (χ2n) is 15.8. The molecule has 0 amide bonds. The van der Waals surface area contributed by atoms with Crippen LogP contribution in [0.3, 0.4) is 0 Å². The van der Waals surface area contributed by atoms with Crippen molar-refractivity contribution in [1.29, 1.82) is 5.26 Å². The maximum atomic E-state index is 11.3. The Kier molecular flexibility index (Phi) is 6.39. The van der Waals surface area contributed by atoms with Crippen molar-refractivity contribution >= 4 is 33.2 Å². The van der Waals surface area contributed by atoms with Gasteiger partial charge in [-0.2, -0.15) is 5.26 Å². The maximum Gasteiger partial charge on any atom is 0.246 e. The van der Waals surface area contributed by atoms with E-state index in [9.17, 15) is 10.4 Å². The third-order valence-electron chi connectivity index (χ3n) is 13.1. The molecular formula is C36H43N9O3S. The molecule has 0 saturated carbocycles. The van der Waals surface area contributed by atoms with E-state index in [1.54, 1.807) is 11.3 Å². The predicted molar refractivity (Wildman–Crippen MR) is 185 cm³/mol. The van der Waals surface area contributed by atoms with E-state index in [0.29, 0.717) is 47.5 Å². The highest BCUT2D eigenvalue weighted by atomic mass is 32.1. The minimum absolute atomic E-state index is 0.0436. The standard InChI is InChI=1S/C36H43N9O3S/c1-20(36-12-5-15-43(36)16-6-13-36)45-32-25-31(44-19-34(2,46)14-9-21(44)18-47-33(25)41-45)39-30(40-32)27-22-7-3-10-35(28(22)48-42-27)11-4-8-24-26(35)23(17-37)29(38)49-24/h20-21,46H,3-16,18-19,38H2,1-2H3. The molecule has 3 saturated heterocycles. The number of piperidine rings is 1. The zero-order valence-electron chi connectivity index (χ0n) is 28.3. The van der Waals surface area contributed by atoms with Gasteiger partial charge in [-0.25, -0.2) is 14.6 Å². The number of hydrogen-bond acceptors (Lipinski definition) is 12. The Balaban J connectivity index is 1.18. The number of thiophene rings is 1. The first-order valence-electron chi connectivity index (χ1n) is 18.2. The molecule has 8 heterocycles. The van der Waals surface area contributed by atoms with E-state index in [4.69, 9.17) is 35.2 Å². The van der Waals surface area contributed by atoms with Crippen molar-refractivity contribution in [3.05, 3.63) is 27.3 Å². The molecule has 3 N–H and O–H groups in total. The van der Waals surface area contributed by atoms with Crippen molar-refractivity contribution in [1.82, 2.24) is 29.8 Å². The monoisotopic (exact) mass is 681 g/mol. The third kappa shape index (κ3) is 4.08. The van der Waals surface area contributed by atoms with E-state index < -0.39 is 11.0 Å². The summed E-state index contributed by atoms with van der Waals surface area (Å²) in [5.41, 5.74) is 9.28. The van der Waals surface area contributed by atoms with E-state index in [-0.39, 0.29) is 17.6 Å². The van der Waals surface area contributed by atoms with Gasteiger partial charge in [-0.05, 0) is 110 Å². The average Bonchev–Trinajstić information content (AvgIpc) is 3.89. The Labute approximate surface area is 289 Å². The maximum absolute atomic E-state index is 11.3. The molecule has 3 fully saturated rings. The Morgan fingerprint density at radius 3 is 2.67 bits per heavy atom. The van der Waals surface area contributed by atoms with Gasteiger partial charge in [0.15, 0.2) is 22.9 Å². The number of aryl methyl sites for hydroxylation is 1. The zero-order valence-corrected chi connectivity index (χ0v) is 29.1. The number of nitrogens with zero attached hydrogens (tertiary/aromatic N) is 8. The van der Waals surface area contributed by atoms with Gasteiger partial charge in [0.2, 0.25) is 5.88 Å². The lowest BCUT2D eigenvalue weighted by Gasteiger charge is -2.42. The fourth-order valence-electron chi connectivity index (χ4n) is 10.8. The molecule has 2 aliphatic carbocycles. The smallest absolute Gasteiger partial charge is 0.246 e. The summed E-state index contributed by atoms with van der Waals surface area (Å²) in [5.74, 6) is 2.69. The van der Waals surface area contributed by atoms with Crippen molar-refractivity contribution in [2.75, 3.05) is 36.9 Å². The van der Waals surface area contributed by atoms with Crippen LogP contribution in [0.4, 0.5) is 10.8 Å². The molecule has 1 spiro atoms. The van der Waals surface area contributed by atoms with Crippen molar-refractivity contribution in [2.45, 2.75) is 120 Å². The minimum atomic E-state index is -0.853. The van der Waals surface area contributed by atoms with Crippen LogP contribution in [0, 0.1) is 11.3 Å². The minimum Gasteiger partial charge on any atom is -0.474 e. The van der Waals surface area contributed by atoms with Gasteiger partial charge >= 0.3 is 0 Å². The van der Waals surface area contributed by atoms with E-state index in [1.807, 2.05) is 6.92 Å². The van der Waals surface area contributed by atoms with Crippen molar-refractivity contribution in [3.8, 4) is 23.5 Å². The van der Waals surface area contributed by atoms with Crippen molar-refractivity contribution in [3.63, 3.8) is 0 Å². The Bertz CT molecular complexity index is 2040. The molecule has 6 aliphatic rings. The van der Waals surface area contributed by atoms with Crippen LogP contribution in [0.2, 0.25) is 0 Å². The van der Waals surface area contributed by atoms with Crippen LogP contribution in [-0.4, -0.2) is 78.3 Å². The lowest BCUT2D eigenvalue weighted by atomic mass is 9.63. The molecular weight excluding hydrogens is 639 g/mol. The number of aliphatic hydroxyl groups is 1. The number of nitrogen functional groups attached to an aromatic ring is 1. The van der Waals surface area contributed by atoms with Gasteiger partial charge in [-0.1, -0.05) is 5.16 Å². The second-order valence-corrected chi connectivity index (χ2v) is 16.9. The zero-order chi connectivity index (χ0) is 33.3. The van der Waals surface area contributed by atoms with Crippen LogP contribution in [0.15, 0.2) is 4.52 Å². The molecule has 10 rings (SSSR count). The normalized spacial score (nSPS) is 29.2. The van der Waals surface area contributed by atoms with Crippen molar-refractivity contribution < 1.29 is 14.4 Å². The highest BCUT2D eigenvalue weighted by Gasteiger charge is 2.51. The molecule has 49 heavy (non-hydrogen) atoms. The number of hydrogen-bond donors (Lipinski definition) is 2. The van der Waals surface area contributed by atoms with Crippen LogP contribution in [0.5, 0.6) is 5.88 Å². The number of nitrogens with two attached hydrogens (primary N) is 1. The molecule has 256 valence electrons. The van der Waals surface area contributed by atoms with Crippen molar-refractivity contribution in [2.24, 2.45) is 0 Å². The van der Waals surface area contributed by atoms with Crippen LogP contribution in [-0.2, 0) is 18.3 Å². The topological polar surface area (TPSA) is 155 Å². The SMILES string of the molecule is CC(n1nc2c3c(nc(-c4noc5c4CCCC54CCCc5sc(N)c(C#N)c54)nc31)N1CC(C)(O)CCC1CO2)C12CCCN1CCC2. The summed E-state index contributed by atoms with van der Waals surface area (Å²) in [7, 11) is 0. The van der Waals surface area contributed by atoms with Gasteiger partial charge in [0, 0.05) is 22.5 Å². The molecule has 4 aromatic rings. The lowest BCUT2D eigenvalue weighted by molar-refractivity contribution is 0.0321. The van der Waals surface area contributed by atoms with E-state index in [2.05, 4.69) is 27.5 Å². The quantitative estimate of drug-likeness (QED) is 0.291. The molecule has 13 heteroatoms. The van der Waals surface area contributed by atoms with E-state index in [1.165, 1.54) is 17.7 Å². The van der Waals surface area contributed by atoms with Gasteiger partial charge in [0.05, 0.1) is 28.7 Å². The summed E-state index contributed by atoms with van der Waals surface area (Å²) >= 11 is 1.55. The highest BCUT2D eigenvalue weighted by molar-refractivity contribution is 7.16. The number of anilines is 2. The first-order valence-corrected chi connectivity index (χ1v) is 19.0. The molecule has 12 nitrogen and oxygen atoms in total. The molecule has 4 unspecified atom stereocenters. The fourth-order valence-corrected chi connectivity index (χ4v) is 11.9. The summed E-state index contributed by atoms with van der Waals surface area (Å²) in [6.07, 6.45) is 11.6. The molecule has 0 radical (unpaired) electrons. The summed E-state index contributed by atoms with van der Waals surface area (Å²) in [6, 6.07) is 2.57. The number of ether oxygens (including phenoxy) is 1. The first-order chi connectivity index (χ1) is 23.7. The highest BCUT2D eigenvalue weighted by Crippen LogP contribution is 2.55. The summed E-state index contributed by atoms with van der Waals surface area (Å²) in [4.78, 5) is 16.7. The van der Waals surface area contributed by atoms with E-state index in [0.717, 1.165) is 105 Å². The molecule has 0 bridgehead atoms. The Morgan fingerprint density at radius 2 is 1.88 bits per heavy atom. The van der Waals surface area contributed by atoms with E-state index >= 15 is 0 Å².